The van der Waals surface area contributed by atoms with E-state index in [2.05, 4.69) is 23.2 Å². The summed E-state index contributed by atoms with van der Waals surface area (Å²) >= 11 is 0. The van der Waals surface area contributed by atoms with Gasteiger partial charge in [-0.05, 0) is 24.5 Å². The van der Waals surface area contributed by atoms with E-state index in [9.17, 15) is 8.42 Å². The van der Waals surface area contributed by atoms with Crippen molar-refractivity contribution in [2.24, 2.45) is 0 Å². The van der Waals surface area contributed by atoms with E-state index in [1.54, 1.807) is 4.31 Å². The van der Waals surface area contributed by atoms with E-state index in [-0.39, 0.29) is 5.92 Å². The van der Waals surface area contributed by atoms with E-state index in [4.69, 9.17) is 0 Å². The lowest BCUT2D eigenvalue weighted by Gasteiger charge is -2.30. The maximum Gasteiger partial charge on any atom is 0.211 e. The Labute approximate surface area is 131 Å². The Kier molecular flexibility index (Phi) is 4.27. The van der Waals surface area contributed by atoms with Gasteiger partial charge in [0.15, 0.2) is 0 Å². The van der Waals surface area contributed by atoms with E-state index in [1.807, 2.05) is 30.5 Å². The minimum absolute atomic E-state index is 0.188. The molecule has 0 aliphatic carbocycles. The molecule has 2 heterocycles. The van der Waals surface area contributed by atoms with Crippen LogP contribution in [-0.4, -0.2) is 37.1 Å². The van der Waals surface area contributed by atoms with Gasteiger partial charge in [0.05, 0.1) is 6.26 Å². The number of piperidine rings is 1. The summed E-state index contributed by atoms with van der Waals surface area (Å²) in [7, 11) is -3.11. The number of sulfonamides is 1. The normalized spacial score (nSPS) is 20.0. The summed E-state index contributed by atoms with van der Waals surface area (Å²) < 4.78 is 25.0. The zero-order chi connectivity index (χ0) is 15.6. The van der Waals surface area contributed by atoms with E-state index in [1.165, 1.54) is 6.26 Å². The molecule has 1 aromatic carbocycles. The van der Waals surface area contributed by atoms with Gasteiger partial charge < -0.3 is 0 Å². The van der Waals surface area contributed by atoms with Crippen LogP contribution in [-0.2, 0) is 10.0 Å². The zero-order valence-corrected chi connectivity index (χ0v) is 13.5. The number of rotatable bonds is 3. The van der Waals surface area contributed by atoms with Crippen molar-refractivity contribution in [3.63, 3.8) is 0 Å². The van der Waals surface area contributed by atoms with E-state index < -0.39 is 10.0 Å². The van der Waals surface area contributed by atoms with Crippen molar-refractivity contribution >= 4 is 10.0 Å². The van der Waals surface area contributed by atoms with Gasteiger partial charge in [-0.1, -0.05) is 36.4 Å². The second kappa shape index (κ2) is 6.18. The van der Waals surface area contributed by atoms with Crippen LogP contribution in [0.15, 0.2) is 48.7 Å². The van der Waals surface area contributed by atoms with Crippen molar-refractivity contribution in [2.75, 3.05) is 19.3 Å². The summed E-state index contributed by atoms with van der Waals surface area (Å²) in [6, 6.07) is 14.2. The number of benzene rings is 1. The van der Waals surface area contributed by atoms with Gasteiger partial charge in [-0.2, -0.15) is 0 Å². The maximum absolute atomic E-state index is 11.7. The van der Waals surface area contributed by atoms with Crippen LogP contribution >= 0.6 is 0 Å². The van der Waals surface area contributed by atoms with Crippen LogP contribution < -0.4 is 0 Å². The Bertz CT molecular complexity index is 727. The lowest BCUT2D eigenvalue weighted by molar-refractivity contribution is 0.314. The molecule has 1 saturated heterocycles. The van der Waals surface area contributed by atoms with Crippen molar-refractivity contribution < 1.29 is 8.42 Å². The monoisotopic (exact) mass is 316 g/mol. The van der Waals surface area contributed by atoms with E-state index >= 15 is 0 Å². The average Bonchev–Trinajstić information content (AvgIpc) is 2.55. The Balaban J connectivity index is 1.78. The van der Waals surface area contributed by atoms with Crippen LogP contribution in [0.3, 0.4) is 0 Å². The van der Waals surface area contributed by atoms with E-state index in [0.29, 0.717) is 13.1 Å². The molecule has 0 N–H and O–H groups in total. The molecule has 3 rings (SSSR count). The van der Waals surface area contributed by atoms with E-state index in [0.717, 1.165) is 29.7 Å². The lowest BCUT2D eigenvalue weighted by atomic mass is 9.95. The highest BCUT2D eigenvalue weighted by Crippen LogP contribution is 2.28. The standard InChI is InChI=1S/C17H20N2O2S/c1-22(20,21)19-11-5-8-16(13-19)17-10-9-15(12-18-17)14-6-3-2-4-7-14/h2-4,6-7,9-10,12,16H,5,8,11,13H2,1H3/t16-/m0/s1. The van der Waals surface area contributed by atoms with Gasteiger partial charge in [-0.25, -0.2) is 12.7 Å². The molecule has 1 atom stereocenters. The predicted molar refractivity (Wildman–Crippen MR) is 88.1 cm³/mol. The lowest BCUT2D eigenvalue weighted by Crippen LogP contribution is -2.38. The molecule has 0 saturated carbocycles. The number of pyridine rings is 1. The first-order valence-electron chi connectivity index (χ1n) is 7.50. The number of hydrogen-bond donors (Lipinski definition) is 0. The summed E-state index contributed by atoms with van der Waals surface area (Å²) in [6.45, 7) is 1.16. The molecule has 0 bridgehead atoms. The van der Waals surface area contributed by atoms with Crippen LogP contribution in [0.25, 0.3) is 11.1 Å². The van der Waals surface area contributed by atoms with Gasteiger partial charge in [0, 0.05) is 36.5 Å². The number of hydrogen-bond acceptors (Lipinski definition) is 3. The first-order chi connectivity index (χ1) is 10.5. The molecule has 116 valence electrons. The Morgan fingerprint density at radius 1 is 1.09 bits per heavy atom. The highest BCUT2D eigenvalue weighted by molar-refractivity contribution is 7.88. The van der Waals surface area contributed by atoms with Gasteiger partial charge >= 0.3 is 0 Å². The van der Waals surface area contributed by atoms with Crippen LogP contribution in [0.2, 0.25) is 0 Å². The maximum atomic E-state index is 11.7. The third-order valence-electron chi connectivity index (χ3n) is 4.16. The number of nitrogens with zero attached hydrogens (tertiary/aromatic N) is 2. The molecule has 0 radical (unpaired) electrons. The molecule has 22 heavy (non-hydrogen) atoms. The highest BCUT2D eigenvalue weighted by Gasteiger charge is 2.27. The van der Waals surface area contributed by atoms with Crippen LogP contribution in [0.1, 0.15) is 24.5 Å². The summed E-state index contributed by atoms with van der Waals surface area (Å²) in [6.07, 6.45) is 5.04. The molecular weight excluding hydrogens is 296 g/mol. The van der Waals surface area contributed by atoms with Gasteiger partial charge in [0.1, 0.15) is 0 Å². The minimum Gasteiger partial charge on any atom is -0.260 e. The highest BCUT2D eigenvalue weighted by atomic mass is 32.2. The molecular formula is C17H20N2O2S. The average molecular weight is 316 g/mol. The van der Waals surface area contributed by atoms with Gasteiger partial charge in [0.2, 0.25) is 10.0 Å². The van der Waals surface area contributed by atoms with Gasteiger partial charge in [-0.3, -0.25) is 4.98 Å². The second-order valence-corrected chi connectivity index (χ2v) is 7.78. The molecule has 1 aliphatic rings. The van der Waals surface area contributed by atoms with Crippen LogP contribution in [0, 0.1) is 0 Å². The molecule has 0 amide bonds. The quantitative estimate of drug-likeness (QED) is 0.875. The third-order valence-corrected chi connectivity index (χ3v) is 5.43. The first-order valence-corrected chi connectivity index (χ1v) is 9.35. The fraction of sp³-hybridized carbons (Fsp3) is 0.353. The fourth-order valence-corrected chi connectivity index (χ4v) is 3.84. The topological polar surface area (TPSA) is 50.3 Å². The fourth-order valence-electron chi connectivity index (χ4n) is 2.93. The zero-order valence-electron chi connectivity index (χ0n) is 12.6. The predicted octanol–water partition coefficient (Wildman–Crippen LogP) is 2.89. The minimum atomic E-state index is -3.11. The van der Waals surface area contributed by atoms with Crippen molar-refractivity contribution in [2.45, 2.75) is 18.8 Å². The molecule has 0 spiro atoms. The van der Waals surface area contributed by atoms with Crippen LogP contribution in [0.5, 0.6) is 0 Å². The molecule has 1 fully saturated rings. The summed E-state index contributed by atoms with van der Waals surface area (Å²) in [5, 5.41) is 0. The van der Waals surface area contributed by atoms with Crippen molar-refractivity contribution in [3.8, 4) is 11.1 Å². The molecule has 1 aromatic heterocycles. The van der Waals surface area contributed by atoms with Crippen molar-refractivity contribution in [3.05, 3.63) is 54.4 Å². The molecule has 2 aromatic rings. The summed E-state index contributed by atoms with van der Waals surface area (Å²) in [5.74, 6) is 0.188. The van der Waals surface area contributed by atoms with Gasteiger partial charge in [-0.15, -0.1) is 0 Å². The Morgan fingerprint density at radius 2 is 1.86 bits per heavy atom. The van der Waals surface area contributed by atoms with Crippen molar-refractivity contribution in [1.82, 2.24) is 9.29 Å². The largest absolute Gasteiger partial charge is 0.260 e. The second-order valence-electron chi connectivity index (χ2n) is 5.80. The third kappa shape index (κ3) is 3.36. The van der Waals surface area contributed by atoms with Crippen molar-refractivity contribution in [1.29, 1.82) is 0 Å². The molecule has 0 unspecified atom stereocenters. The Hall–Kier alpha value is -1.72. The Morgan fingerprint density at radius 3 is 2.50 bits per heavy atom. The first kappa shape index (κ1) is 15.2. The SMILES string of the molecule is CS(=O)(=O)N1CCC[C@H](c2ccc(-c3ccccc3)cn2)C1. The number of aromatic nitrogens is 1. The molecule has 4 nitrogen and oxygen atoms in total. The van der Waals surface area contributed by atoms with Gasteiger partial charge in [0.25, 0.3) is 0 Å². The smallest absolute Gasteiger partial charge is 0.211 e. The molecule has 5 heteroatoms. The summed E-state index contributed by atoms with van der Waals surface area (Å²) in [4.78, 5) is 4.57. The molecule has 1 aliphatic heterocycles. The van der Waals surface area contributed by atoms with Crippen LogP contribution in [0.4, 0.5) is 0 Å². The summed E-state index contributed by atoms with van der Waals surface area (Å²) in [5.41, 5.74) is 3.20.